The molecule has 0 saturated heterocycles. The third-order valence-electron chi connectivity index (χ3n) is 4.34. The first-order valence-electron chi connectivity index (χ1n) is 7.31. The minimum absolute atomic E-state index is 0.242. The zero-order chi connectivity index (χ0) is 14.4. The first-order valence-corrected chi connectivity index (χ1v) is 7.31. The number of aryl methyl sites for hydroxylation is 2. The van der Waals surface area contributed by atoms with Crippen LogP contribution in [0.2, 0.25) is 0 Å². The van der Waals surface area contributed by atoms with Gasteiger partial charge in [-0.1, -0.05) is 0 Å². The van der Waals surface area contributed by atoms with Crippen LogP contribution in [-0.2, 0) is 12.8 Å². The lowest BCUT2D eigenvalue weighted by molar-refractivity contribution is -0.385. The van der Waals surface area contributed by atoms with Gasteiger partial charge in [0.1, 0.15) is 0 Å². The van der Waals surface area contributed by atoms with Crippen molar-refractivity contribution in [2.45, 2.75) is 52.5 Å². The van der Waals surface area contributed by atoms with Crippen molar-refractivity contribution >= 4 is 16.6 Å². The molecule has 2 aromatic rings. The van der Waals surface area contributed by atoms with E-state index in [1.807, 2.05) is 13.0 Å². The fourth-order valence-corrected chi connectivity index (χ4v) is 3.50. The molecular formula is C16H20N2O2. The molecule has 4 nitrogen and oxygen atoms in total. The molecule has 20 heavy (non-hydrogen) atoms. The van der Waals surface area contributed by atoms with E-state index >= 15 is 0 Å². The third kappa shape index (κ3) is 1.82. The Morgan fingerprint density at radius 1 is 1.25 bits per heavy atom. The van der Waals surface area contributed by atoms with E-state index in [1.54, 1.807) is 6.07 Å². The molecule has 1 heterocycles. The molecule has 0 bridgehead atoms. The number of nitrogens with zero attached hydrogens (tertiary/aromatic N) is 2. The van der Waals surface area contributed by atoms with E-state index < -0.39 is 0 Å². The smallest absolute Gasteiger partial charge is 0.273 e. The van der Waals surface area contributed by atoms with E-state index in [2.05, 4.69) is 18.4 Å². The molecule has 0 N–H and O–H groups in total. The largest absolute Gasteiger partial charge is 0.342 e. The minimum Gasteiger partial charge on any atom is -0.342 e. The van der Waals surface area contributed by atoms with E-state index in [9.17, 15) is 10.1 Å². The fourth-order valence-electron chi connectivity index (χ4n) is 3.50. The van der Waals surface area contributed by atoms with Gasteiger partial charge in [0, 0.05) is 34.3 Å². The van der Waals surface area contributed by atoms with Gasteiger partial charge in [-0.05, 0) is 58.1 Å². The average Bonchev–Trinajstić information content (AvgIpc) is 2.70. The van der Waals surface area contributed by atoms with Crippen LogP contribution in [-0.4, -0.2) is 9.49 Å². The van der Waals surface area contributed by atoms with Crippen LogP contribution in [0.25, 0.3) is 10.9 Å². The highest BCUT2D eigenvalue weighted by Crippen LogP contribution is 2.37. The van der Waals surface area contributed by atoms with Crippen LogP contribution in [0.5, 0.6) is 0 Å². The molecule has 1 aromatic heterocycles. The van der Waals surface area contributed by atoms with Crippen LogP contribution in [0.4, 0.5) is 5.69 Å². The Morgan fingerprint density at radius 3 is 2.60 bits per heavy atom. The second-order valence-electron chi connectivity index (χ2n) is 6.01. The first-order chi connectivity index (χ1) is 9.50. The van der Waals surface area contributed by atoms with Gasteiger partial charge in [-0.2, -0.15) is 0 Å². The summed E-state index contributed by atoms with van der Waals surface area (Å²) in [5.41, 5.74) is 4.88. The summed E-state index contributed by atoms with van der Waals surface area (Å²) in [6.07, 6.45) is 4.55. The molecule has 0 amide bonds. The number of aromatic nitrogens is 1. The Labute approximate surface area is 118 Å². The zero-order valence-electron chi connectivity index (χ0n) is 12.3. The number of nitro benzene ring substituents is 1. The summed E-state index contributed by atoms with van der Waals surface area (Å²) >= 11 is 0. The van der Waals surface area contributed by atoms with Crippen molar-refractivity contribution < 1.29 is 4.92 Å². The second-order valence-corrected chi connectivity index (χ2v) is 6.01. The molecule has 0 spiro atoms. The Hall–Kier alpha value is -1.84. The van der Waals surface area contributed by atoms with Crippen molar-refractivity contribution in [3.8, 4) is 0 Å². The topological polar surface area (TPSA) is 48.1 Å². The molecule has 3 rings (SSSR count). The minimum atomic E-state index is -0.267. The summed E-state index contributed by atoms with van der Waals surface area (Å²) < 4.78 is 2.38. The van der Waals surface area contributed by atoms with Gasteiger partial charge in [-0.15, -0.1) is 0 Å². The normalized spacial score (nSPS) is 14.8. The van der Waals surface area contributed by atoms with Gasteiger partial charge in [-0.3, -0.25) is 10.1 Å². The van der Waals surface area contributed by atoms with Gasteiger partial charge in [-0.25, -0.2) is 0 Å². The molecule has 106 valence electrons. The summed E-state index contributed by atoms with van der Waals surface area (Å²) in [5, 5.41) is 12.3. The second kappa shape index (κ2) is 4.62. The molecule has 0 unspecified atom stereocenters. The summed E-state index contributed by atoms with van der Waals surface area (Å²) in [7, 11) is 0. The standard InChI is InChI=1S/C16H20N2O2/c1-10(2)17-14-7-5-4-6-12(14)13-9-15(18(19)20)11(3)8-16(13)17/h8-10H,4-7H2,1-3H3. The summed E-state index contributed by atoms with van der Waals surface area (Å²) in [6.45, 7) is 6.20. The number of hydrogen-bond acceptors (Lipinski definition) is 2. The van der Waals surface area contributed by atoms with Gasteiger partial charge in [0.15, 0.2) is 0 Å². The monoisotopic (exact) mass is 272 g/mol. The van der Waals surface area contributed by atoms with Crippen molar-refractivity contribution in [2.75, 3.05) is 0 Å². The molecule has 0 aliphatic heterocycles. The van der Waals surface area contributed by atoms with Gasteiger partial charge in [0.25, 0.3) is 5.69 Å². The van der Waals surface area contributed by atoms with Gasteiger partial charge in [0.2, 0.25) is 0 Å². The SMILES string of the molecule is Cc1cc2c(cc1[N+](=O)[O-])c1c(n2C(C)C)CCCC1. The Kier molecular flexibility index (Phi) is 3.04. The van der Waals surface area contributed by atoms with Crippen molar-refractivity contribution in [1.29, 1.82) is 0 Å². The number of fused-ring (bicyclic) bond motifs is 3. The zero-order valence-corrected chi connectivity index (χ0v) is 12.3. The van der Waals surface area contributed by atoms with Gasteiger partial charge in [0.05, 0.1) is 4.92 Å². The van der Waals surface area contributed by atoms with Gasteiger partial charge >= 0.3 is 0 Å². The number of nitro groups is 1. The lowest BCUT2D eigenvalue weighted by atomic mass is 9.95. The quantitative estimate of drug-likeness (QED) is 0.604. The van der Waals surface area contributed by atoms with Crippen LogP contribution in [0, 0.1) is 17.0 Å². The molecule has 0 atom stereocenters. The molecule has 0 fully saturated rings. The lowest BCUT2D eigenvalue weighted by Gasteiger charge is -2.18. The van der Waals surface area contributed by atoms with E-state index in [4.69, 9.17) is 0 Å². The summed E-state index contributed by atoms with van der Waals surface area (Å²) in [5.74, 6) is 0. The highest BCUT2D eigenvalue weighted by molar-refractivity contribution is 5.89. The molecule has 0 radical (unpaired) electrons. The average molecular weight is 272 g/mol. The summed E-state index contributed by atoms with van der Waals surface area (Å²) in [4.78, 5) is 10.9. The Morgan fingerprint density at radius 2 is 1.95 bits per heavy atom. The highest BCUT2D eigenvalue weighted by Gasteiger charge is 2.24. The maximum absolute atomic E-state index is 11.2. The van der Waals surface area contributed by atoms with Crippen molar-refractivity contribution in [2.24, 2.45) is 0 Å². The molecule has 1 aromatic carbocycles. The molecule has 0 saturated carbocycles. The first kappa shape index (κ1) is 13.2. The van der Waals surface area contributed by atoms with E-state index in [-0.39, 0.29) is 10.6 Å². The molecule has 4 heteroatoms. The van der Waals surface area contributed by atoms with Crippen LogP contribution < -0.4 is 0 Å². The Bertz CT molecular complexity index is 698. The number of rotatable bonds is 2. The maximum Gasteiger partial charge on any atom is 0.273 e. The predicted octanol–water partition coefficient (Wildman–Crippen LogP) is 4.32. The molecule has 1 aliphatic carbocycles. The van der Waals surface area contributed by atoms with Crippen LogP contribution in [0.15, 0.2) is 12.1 Å². The van der Waals surface area contributed by atoms with Crippen molar-refractivity contribution in [3.63, 3.8) is 0 Å². The molecule has 1 aliphatic rings. The Balaban J connectivity index is 2.38. The van der Waals surface area contributed by atoms with E-state index in [0.717, 1.165) is 29.3 Å². The third-order valence-corrected chi connectivity index (χ3v) is 4.34. The number of benzene rings is 1. The van der Waals surface area contributed by atoms with Crippen LogP contribution in [0.1, 0.15) is 49.6 Å². The van der Waals surface area contributed by atoms with E-state index in [1.165, 1.54) is 24.1 Å². The predicted molar refractivity (Wildman–Crippen MR) is 80.4 cm³/mol. The highest BCUT2D eigenvalue weighted by atomic mass is 16.6. The van der Waals surface area contributed by atoms with Crippen molar-refractivity contribution in [1.82, 2.24) is 4.57 Å². The van der Waals surface area contributed by atoms with Crippen LogP contribution >= 0.6 is 0 Å². The van der Waals surface area contributed by atoms with Crippen LogP contribution in [0.3, 0.4) is 0 Å². The molecular weight excluding hydrogens is 252 g/mol. The maximum atomic E-state index is 11.2. The number of hydrogen-bond donors (Lipinski definition) is 0. The lowest BCUT2D eigenvalue weighted by Crippen LogP contribution is -2.10. The van der Waals surface area contributed by atoms with Gasteiger partial charge < -0.3 is 4.57 Å². The fraction of sp³-hybridized carbons (Fsp3) is 0.500. The van der Waals surface area contributed by atoms with Crippen molar-refractivity contribution in [3.05, 3.63) is 39.1 Å². The van der Waals surface area contributed by atoms with E-state index in [0.29, 0.717) is 6.04 Å². The summed E-state index contributed by atoms with van der Waals surface area (Å²) in [6, 6.07) is 4.17.